The number of nitrogens with zero attached hydrogens (tertiary/aromatic N) is 1. The minimum Gasteiger partial charge on any atom is -0.387 e. The van der Waals surface area contributed by atoms with Crippen LogP contribution >= 0.6 is 11.6 Å². The van der Waals surface area contributed by atoms with Crippen LogP contribution in [-0.4, -0.2) is 37.5 Å². The first-order valence-electron chi connectivity index (χ1n) is 5.95. The van der Waals surface area contributed by atoms with E-state index >= 15 is 0 Å². The van der Waals surface area contributed by atoms with Gasteiger partial charge in [-0.3, -0.25) is 0 Å². The minimum absolute atomic E-state index is 0.360. The summed E-state index contributed by atoms with van der Waals surface area (Å²) in [5.74, 6) is 0. The minimum atomic E-state index is -3.57. The molecule has 0 saturated carbocycles. The highest BCUT2D eigenvalue weighted by atomic mass is 35.5. The first-order valence-corrected chi connectivity index (χ1v) is 7.77. The molecule has 0 aliphatic rings. The molecular weight excluding hydrogens is 288 g/mol. The number of halogens is 1. The van der Waals surface area contributed by atoms with Crippen molar-refractivity contribution in [1.29, 1.82) is 0 Å². The van der Waals surface area contributed by atoms with Gasteiger partial charge in [-0.1, -0.05) is 30.7 Å². The quantitative estimate of drug-likeness (QED) is 0.838. The van der Waals surface area contributed by atoms with Crippen molar-refractivity contribution in [3.63, 3.8) is 0 Å². The van der Waals surface area contributed by atoms with Crippen molar-refractivity contribution in [2.45, 2.75) is 26.0 Å². The van der Waals surface area contributed by atoms with Gasteiger partial charge in [0.25, 0.3) is 10.2 Å². The second kappa shape index (κ2) is 6.67. The van der Waals surface area contributed by atoms with E-state index in [2.05, 4.69) is 4.72 Å². The summed E-state index contributed by atoms with van der Waals surface area (Å²) in [6.45, 7) is 3.71. The van der Waals surface area contributed by atoms with Gasteiger partial charge < -0.3 is 5.11 Å². The number of nitrogens with one attached hydrogen (secondary N) is 1. The van der Waals surface area contributed by atoms with Gasteiger partial charge in [0.1, 0.15) is 0 Å². The number of aliphatic hydroxyl groups is 1. The van der Waals surface area contributed by atoms with Crippen molar-refractivity contribution in [2.75, 3.05) is 13.6 Å². The Labute approximate surface area is 119 Å². The van der Waals surface area contributed by atoms with Crippen LogP contribution in [0, 0.1) is 0 Å². The molecule has 0 fully saturated rings. The fourth-order valence-electron chi connectivity index (χ4n) is 1.51. The normalized spacial score (nSPS) is 15.5. The second-order valence-corrected chi connectivity index (χ2v) is 6.57. The first-order chi connectivity index (χ1) is 8.77. The molecule has 0 heterocycles. The van der Waals surface area contributed by atoms with Crippen LogP contribution in [0.1, 0.15) is 25.5 Å². The van der Waals surface area contributed by atoms with Crippen molar-refractivity contribution in [3.8, 4) is 0 Å². The molecule has 0 saturated heterocycles. The lowest BCUT2D eigenvalue weighted by atomic mass is 10.0. The number of aliphatic hydroxyl groups excluding tert-OH is 1. The van der Waals surface area contributed by atoms with E-state index in [-0.39, 0.29) is 0 Å². The lowest BCUT2D eigenvalue weighted by Crippen LogP contribution is -2.44. The van der Waals surface area contributed by atoms with Crippen molar-refractivity contribution >= 4 is 21.8 Å². The third-order valence-electron chi connectivity index (χ3n) is 2.88. The van der Waals surface area contributed by atoms with Crippen LogP contribution in [0.4, 0.5) is 0 Å². The number of benzene rings is 1. The average molecular weight is 307 g/mol. The monoisotopic (exact) mass is 306 g/mol. The molecule has 0 spiro atoms. The molecule has 1 rings (SSSR count). The molecule has 2 unspecified atom stereocenters. The van der Waals surface area contributed by atoms with E-state index in [9.17, 15) is 13.5 Å². The van der Waals surface area contributed by atoms with Crippen LogP contribution < -0.4 is 4.72 Å². The number of hydrogen-bond acceptors (Lipinski definition) is 3. The fraction of sp³-hybridized carbons (Fsp3) is 0.500. The summed E-state index contributed by atoms with van der Waals surface area (Å²) in [6, 6.07) is 6.00. The molecule has 1 aromatic rings. The fourth-order valence-corrected chi connectivity index (χ4v) is 2.75. The Hall–Kier alpha value is -0.660. The maximum atomic E-state index is 11.8. The zero-order valence-electron chi connectivity index (χ0n) is 11.2. The van der Waals surface area contributed by atoms with Gasteiger partial charge in [-0.25, -0.2) is 0 Å². The van der Waals surface area contributed by atoms with Crippen LogP contribution in [0.5, 0.6) is 0 Å². The van der Waals surface area contributed by atoms with Crippen LogP contribution in [0.25, 0.3) is 0 Å². The molecule has 1 aromatic carbocycles. The Morgan fingerprint density at radius 2 is 1.89 bits per heavy atom. The van der Waals surface area contributed by atoms with Gasteiger partial charge in [-0.15, -0.1) is 0 Å². The Kier molecular flexibility index (Phi) is 5.76. The van der Waals surface area contributed by atoms with E-state index in [0.717, 1.165) is 0 Å². The summed E-state index contributed by atoms with van der Waals surface area (Å²) >= 11 is 5.76. The van der Waals surface area contributed by atoms with Crippen LogP contribution in [-0.2, 0) is 10.2 Å². The van der Waals surface area contributed by atoms with Gasteiger partial charge >= 0.3 is 0 Å². The van der Waals surface area contributed by atoms with E-state index in [1.807, 2.05) is 0 Å². The number of hydrogen-bond donors (Lipinski definition) is 2. The molecule has 0 radical (unpaired) electrons. The molecular formula is C12H19ClN2O3S. The second-order valence-electron chi connectivity index (χ2n) is 4.32. The Morgan fingerprint density at radius 1 is 1.37 bits per heavy atom. The molecule has 108 valence electrons. The summed E-state index contributed by atoms with van der Waals surface area (Å²) in [6.07, 6.45) is -0.933. The van der Waals surface area contributed by atoms with E-state index in [4.69, 9.17) is 11.6 Å². The van der Waals surface area contributed by atoms with Gasteiger partial charge in [0.15, 0.2) is 0 Å². The van der Waals surface area contributed by atoms with Crippen LogP contribution in [0.15, 0.2) is 24.3 Å². The van der Waals surface area contributed by atoms with Gasteiger partial charge in [0.2, 0.25) is 0 Å². The lowest BCUT2D eigenvalue weighted by Gasteiger charge is -2.23. The summed E-state index contributed by atoms with van der Waals surface area (Å²) in [5.41, 5.74) is 0.610. The predicted molar refractivity (Wildman–Crippen MR) is 76.2 cm³/mol. The Balaban J connectivity index is 2.78. The maximum absolute atomic E-state index is 11.8. The average Bonchev–Trinajstić information content (AvgIpc) is 2.37. The summed E-state index contributed by atoms with van der Waals surface area (Å²) in [5, 5.41) is 10.7. The molecule has 0 aliphatic heterocycles. The van der Waals surface area contributed by atoms with E-state index < -0.39 is 22.4 Å². The van der Waals surface area contributed by atoms with Crippen molar-refractivity contribution in [2.24, 2.45) is 0 Å². The summed E-state index contributed by atoms with van der Waals surface area (Å²) in [7, 11) is -2.10. The van der Waals surface area contributed by atoms with Crippen molar-refractivity contribution in [1.82, 2.24) is 9.03 Å². The topological polar surface area (TPSA) is 69.6 Å². The van der Waals surface area contributed by atoms with E-state index in [1.165, 1.54) is 11.4 Å². The molecule has 2 N–H and O–H groups in total. The molecule has 0 aliphatic carbocycles. The maximum Gasteiger partial charge on any atom is 0.279 e. The zero-order valence-corrected chi connectivity index (χ0v) is 12.7. The van der Waals surface area contributed by atoms with Crippen LogP contribution in [0.3, 0.4) is 0 Å². The molecule has 0 amide bonds. The van der Waals surface area contributed by atoms with Gasteiger partial charge in [0, 0.05) is 18.6 Å². The lowest BCUT2D eigenvalue weighted by molar-refractivity contribution is 0.145. The first kappa shape index (κ1) is 16.4. The molecule has 0 aromatic heterocycles. The predicted octanol–water partition coefficient (Wildman–Crippen LogP) is 1.55. The molecule has 2 atom stereocenters. The molecule has 0 bridgehead atoms. The molecule has 5 nitrogen and oxygen atoms in total. The standard InChI is InChI=1S/C12H19ClN2O3S/c1-4-15(3)19(17,18)14-9(2)12(16)10-5-7-11(13)8-6-10/h5-9,12,14,16H,4H2,1-3H3. The third kappa shape index (κ3) is 4.43. The third-order valence-corrected chi connectivity index (χ3v) is 4.88. The SMILES string of the molecule is CCN(C)S(=O)(=O)NC(C)C(O)c1ccc(Cl)cc1. The van der Waals surface area contributed by atoms with Crippen LogP contribution in [0.2, 0.25) is 5.02 Å². The highest BCUT2D eigenvalue weighted by Crippen LogP contribution is 2.19. The summed E-state index contributed by atoms with van der Waals surface area (Å²) in [4.78, 5) is 0. The van der Waals surface area contributed by atoms with Crippen molar-refractivity contribution in [3.05, 3.63) is 34.9 Å². The highest BCUT2D eigenvalue weighted by molar-refractivity contribution is 7.87. The van der Waals surface area contributed by atoms with E-state index in [1.54, 1.807) is 38.1 Å². The van der Waals surface area contributed by atoms with E-state index in [0.29, 0.717) is 17.1 Å². The van der Waals surface area contributed by atoms with Gasteiger partial charge in [-0.2, -0.15) is 17.4 Å². The van der Waals surface area contributed by atoms with Gasteiger partial charge in [0.05, 0.1) is 12.1 Å². The highest BCUT2D eigenvalue weighted by Gasteiger charge is 2.24. The molecule has 7 heteroatoms. The number of rotatable bonds is 6. The summed E-state index contributed by atoms with van der Waals surface area (Å²) < 4.78 is 27.3. The smallest absolute Gasteiger partial charge is 0.279 e. The largest absolute Gasteiger partial charge is 0.387 e. The molecule has 19 heavy (non-hydrogen) atoms. The van der Waals surface area contributed by atoms with Gasteiger partial charge in [-0.05, 0) is 24.6 Å². The Bertz CT molecular complexity index is 504. The van der Waals surface area contributed by atoms with Crippen molar-refractivity contribution < 1.29 is 13.5 Å². The zero-order chi connectivity index (χ0) is 14.6. The Morgan fingerprint density at radius 3 is 2.37 bits per heavy atom.